The number of hydrogen-bond acceptors (Lipinski definition) is 7. The molecular weight excluding hydrogens is 362 g/mol. The molecule has 2 aliphatic heterocycles. The molecule has 0 spiro atoms. The van der Waals surface area contributed by atoms with Crippen LogP contribution >= 0.6 is 11.8 Å². The second-order valence-electron chi connectivity index (χ2n) is 6.04. The predicted molar refractivity (Wildman–Crippen MR) is 100 cm³/mol. The Morgan fingerprint density at radius 1 is 1.32 bits per heavy atom. The van der Waals surface area contributed by atoms with E-state index in [0.717, 1.165) is 17.3 Å². The summed E-state index contributed by atoms with van der Waals surface area (Å²) >= 11 is 1.47. The summed E-state index contributed by atoms with van der Waals surface area (Å²) in [4.78, 5) is 16.5. The van der Waals surface area contributed by atoms with E-state index in [2.05, 4.69) is 15.6 Å². The molecule has 0 aromatic heterocycles. The van der Waals surface area contributed by atoms with Crippen molar-refractivity contribution in [2.45, 2.75) is 17.7 Å². The Bertz CT molecular complexity index is 762. The zero-order valence-electron chi connectivity index (χ0n) is 13.9. The number of methoxy groups -OCH3 is 1. The van der Waals surface area contributed by atoms with Crippen molar-refractivity contribution in [1.82, 2.24) is 5.32 Å². The molecule has 2 heterocycles. The van der Waals surface area contributed by atoms with Crippen LogP contribution in [0.5, 0.6) is 0 Å². The van der Waals surface area contributed by atoms with Crippen LogP contribution in [0.1, 0.15) is 16.8 Å². The second kappa shape index (κ2) is 7.76. The van der Waals surface area contributed by atoms with Crippen molar-refractivity contribution in [2.75, 3.05) is 37.1 Å². The average Bonchev–Trinajstić information content (AvgIpc) is 3.04. The van der Waals surface area contributed by atoms with Gasteiger partial charge in [0.25, 0.3) is 5.91 Å². The molecule has 0 bridgehead atoms. The molecule has 0 saturated carbocycles. The fraction of sp³-hybridized carbons (Fsp3) is 0.500. The maximum absolute atomic E-state index is 12.0. The third-order valence-corrected chi connectivity index (χ3v) is 7.17. The van der Waals surface area contributed by atoms with E-state index in [1.54, 1.807) is 19.2 Å². The van der Waals surface area contributed by atoms with Crippen LogP contribution < -0.4 is 10.6 Å². The largest absolute Gasteiger partial charge is 0.385 e. The van der Waals surface area contributed by atoms with Gasteiger partial charge in [0, 0.05) is 36.8 Å². The summed E-state index contributed by atoms with van der Waals surface area (Å²) in [5, 5.41) is 6.79. The van der Waals surface area contributed by atoms with Crippen LogP contribution in [0.25, 0.3) is 0 Å². The van der Waals surface area contributed by atoms with Gasteiger partial charge in [-0.2, -0.15) is 0 Å². The number of nitrogens with zero attached hydrogens (tertiary/aromatic N) is 1. The van der Waals surface area contributed by atoms with Gasteiger partial charge in [-0.05, 0) is 30.7 Å². The van der Waals surface area contributed by atoms with E-state index in [-0.39, 0.29) is 28.7 Å². The lowest BCUT2D eigenvalue weighted by atomic mass is 10.2. The molecule has 2 atom stereocenters. The molecule has 1 aromatic carbocycles. The fourth-order valence-electron chi connectivity index (χ4n) is 2.76. The van der Waals surface area contributed by atoms with Gasteiger partial charge < -0.3 is 15.4 Å². The Hall–Kier alpha value is -1.58. The van der Waals surface area contributed by atoms with Gasteiger partial charge in [0.2, 0.25) is 0 Å². The highest BCUT2D eigenvalue weighted by Crippen LogP contribution is 2.34. The van der Waals surface area contributed by atoms with Gasteiger partial charge in [-0.15, -0.1) is 0 Å². The predicted octanol–water partition coefficient (Wildman–Crippen LogP) is 1.13. The molecule has 1 amide bonds. The lowest BCUT2D eigenvalue weighted by Crippen LogP contribution is -2.25. The minimum atomic E-state index is -2.94. The summed E-state index contributed by atoms with van der Waals surface area (Å²) in [7, 11) is -1.30. The fourth-order valence-corrected chi connectivity index (χ4v) is 6.44. The Labute approximate surface area is 151 Å². The Balaban J connectivity index is 1.52. The van der Waals surface area contributed by atoms with Crippen molar-refractivity contribution in [3.8, 4) is 0 Å². The first-order valence-corrected chi connectivity index (χ1v) is 10.8. The van der Waals surface area contributed by atoms with Crippen molar-refractivity contribution >= 4 is 38.4 Å². The molecule has 1 saturated heterocycles. The van der Waals surface area contributed by atoms with Gasteiger partial charge in [-0.25, -0.2) is 8.42 Å². The number of anilines is 1. The summed E-state index contributed by atoms with van der Waals surface area (Å²) < 4.78 is 28.1. The lowest BCUT2D eigenvalue weighted by molar-refractivity contribution is 0.0948. The average molecular weight is 383 g/mol. The van der Waals surface area contributed by atoms with E-state index in [4.69, 9.17) is 4.74 Å². The number of hydrogen-bond donors (Lipinski definition) is 2. The second-order valence-corrected chi connectivity index (χ2v) is 9.42. The minimum absolute atomic E-state index is 0.0182. The number of fused-ring (bicyclic) bond motifs is 1. The maximum atomic E-state index is 12.0. The number of ether oxygens (including phenoxy) is 1. The monoisotopic (exact) mass is 383 g/mol. The van der Waals surface area contributed by atoms with Crippen molar-refractivity contribution in [3.05, 3.63) is 29.8 Å². The van der Waals surface area contributed by atoms with Gasteiger partial charge in [0.15, 0.2) is 15.0 Å². The highest BCUT2D eigenvalue weighted by atomic mass is 32.2. The van der Waals surface area contributed by atoms with Crippen LogP contribution in [-0.4, -0.2) is 62.6 Å². The minimum Gasteiger partial charge on any atom is -0.385 e. The molecule has 136 valence electrons. The first-order chi connectivity index (χ1) is 12.0. The van der Waals surface area contributed by atoms with E-state index in [1.165, 1.54) is 11.8 Å². The van der Waals surface area contributed by atoms with E-state index in [1.807, 2.05) is 12.1 Å². The quantitative estimate of drug-likeness (QED) is 0.715. The number of sulfone groups is 1. The number of carbonyl (C=O) groups is 1. The normalized spacial score (nSPS) is 23.8. The molecule has 0 aliphatic carbocycles. The summed E-state index contributed by atoms with van der Waals surface area (Å²) in [5.41, 5.74) is 1.41. The molecule has 3 rings (SSSR count). The molecule has 2 unspecified atom stereocenters. The molecular formula is C16H21N3O4S2. The Morgan fingerprint density at radius 2 is 2.08 bits per heavy atom. The van der Waals surface area contributed by atoms with Crippen molar-refractivity contribution in [2.24, 2.45) is 4.99 Å². The van der Waals surface area contributed by atoms with Crippen LogP contribution in [0.3, 0.4) is 0 Å². The third-order valence-electron chi connectivity index (χ3n) is 4.03. The van der Waals surface area contributed by atoms with Crippen LogP contribution in [0.4, 0.5) is 5.69 Å². The molecule has 1 fully saturated rings. The maximum Gasteiger partial charge on any atom is 0.251 e. The number of thioether (sulfide) groups is 1. The summed E-state index contributed by atoms with van der Waals surface area (Å²) in [6.45, 7) is 1.19. The molecule has 25 heavy (non-hydrogen) atoms. The molecule has 1 aromatic rings. The summed E-state index contributed by atoms with van der Waals surface area (Å²) in [5.74, 6) is 0.215. The van der Waals surface area contributed by atoms with Crippen LogP contribution in [-0.2, 0) is 14.6 Å². The van der Waals surface area contributed by atoms with Crippen LogP contribution in [0.2, 0.25) is 0 Å². The number of amides is 1. The summed E-state index contributed by atoms with van der Waals surface area (Å²) in [6, 6.07) is 6.99. The van der Waals surface area contributed by atoms with Gasteiger partial charge in [-0.1, -0.05) is 11.8 Å². The zero-order chi connectivity index (χ0) is 17.9. The Kier molecular flexibility index (Phi) is 5.65. The van der Waals surface area contributed by atoms with Gasteiger partial charge in [0.05, 0.1) is 17.5 Å². The number of rotatable bonds is 6. The number of carbonyl (C=O) groups excluding carboxylic acids is 1. The standard InChI is InChI=1S/C16H21N3O4S2/c1-23-8-2-7-17-15(20)11-3-5-12(6-4-11)18-16-19-13-9-25(21,22)10-14(13)24-16/h3-6,13-14H,2,7-10H2,1H3,(H,17,20)(H,18,19). The molecule has 0 radical (unpaired) electrons. The molecule has 2 N–H and O–H groups in total. The Morgan fingerprint density at radius 3 is 2.76 bits per heavy atom. The highest BCUT2D eigenvalue weighted by Gasteiger charge is 2.42. The number of benzene rings is 1. The van der Waals surface area contributed by atoms with Crippen LogP contribution in [0, 0.1) is 0 Å². The number of aliphatic imine (C=N–C) groups is 1. The number of amidine groups is 1. The van der Waals surface area contributed by atoms with Gasteiger partial charge in [0.1, 0.15) is 0 Å². The van der Waals surface area contributed by atoms with Gasteiger partial charge >= 0.3 is 0 Å². The van der Waals surface area contributed by atoms with Crippen molar-refractivity contribution in [3.63, 3.8) is 0 Å². The van der Waals surface area contributed by atoms with Gasteiger partial charge in [-0.3, -0.25) is 9.79 Å². The van der Waals surface area contributed by atoms with Crippen molar-refractivity contribution < 1.29 is 17.9 Å². The third kappa shape index (κ3) is 4.74. The van der Waals surface area contributed by atoms with E-state index in [9.17, 15) is 13.2 Å². The van der Waals surface area contributed by atoms with Crippen LogP contribution in [0.15, 0.2) is 29.3 Å². The smallest absolute Gasteiger partial charge is 0.251 e. The molecule has 9 heteroatoms. The SMILES string of the molecule is COCCCNC(=O)c1ccc(NC2=NC3CS(=O)(=O)CC3S2)cc1. The topological polar surface area (TPSA) is 96.9 Å². The first-order valence-electron chi connectivity index (χ1n) is 8.06. The van der Waals surface area contributed by atoms with E-state index in [0.29, 0.717) is 18.7 Å². The lowest BCUT2D eigenvalue weighted by Gasteiger charge is -2.08. The van der Waals surface area contributed by atoms with E-state index >= 15 is 0 Å². The molecule has 7 nitrogen and oxygen atoms in total. The zero-order valence-corrected chi connectivity index (χ0v) is 15.5. The first kappa shape index (κ1) is 18.2. The molecule has 2 aliphatic rings. The van der Waals surface area contributed by atoms with E-state index < -0.39 is 9.84 Å². The number of nitrogens with one attached hydrogen (secondary N) is 2. The van der Waals surface area contributed by atoms with Crippen molar-refractivity contribution in [1.29, 1.82) is 0 Å². The highest BCUT2D eigenvalue weighted by molar-refractivity contribution is 8.15. The summed E-state index contributed by atoms with van der Waals surface area (Å²) in [6.07, 6.45) is 0.775.